The number of halogens is 1. The zero-order valence-corrected chi connectivity index (χ0v) is 19.1. The first-order valence-corrected chi connectivity index (χ1v) is 11.3. The van der Waals surface area contributed by atoms with Gasteiger partial charge >= 0.3 is 0 Å². The molecule has 10 heteroatoms. The van der Waals surface area contributed by atoms with Crippen molar-refractivity contribution < 1.29 is 9.18 Å². The highest BCUT2D eigenvalue weighted by Crippen LogP contribution is 2.27. The van der Waals surface area contributed by atoms with Crippen LogP contribution in [-0.2, 0) is 4.79 Å². The van der Waals surface area contributed by atoms with Crippen LogP contribution in [0.15, 0.2) is 59.7 Å². The Hall–Kier alpha value is -4.34. The average Bonchev–Trinajstić information content (AvgIpc) is 3.27. The van der Waals surface area contributed by atoms with Gasteiger partial charge in [0.1, 0.15) is 17.5 Å². The van der Waals surface area contributed by atoms with Crippen molar-refractivity contribution in [1.29, 1.82) is 0 Å². The molecule has 0 aliphatic carbocycles. The summed E-state index contributed by atoms with van der Waals surface area (Å²) in [5.74, 6) is 0.429. The fraction of sp³-hybridized carbons (Fsp3) is 0.240. The molecule has 1 saturated heterocycles. The van der Waals surface area contributed by atoms with Gasteiger partial charge in [-0.05, 0) is 50.1 Å². The van der Waals surface area contributed by atoms with Crippen molar-refractivity contribution in [2.75, 3.05) is 18.8 Å². The zero-order chi connectivity index (χ0) is 24.5. The lowest BCUT2D eigenvalue weighted by molar-refractivity contribution is -0.119. The van der Waals surface area contributed by atoms with E-state index in [2.05, 4.69) is 10.1 Å². The second-order valence-electron chi connectivity index (χ2n) is 8.55. The lowest BCUT2D eigenvalue weighted by Crippen LogP contribution is -2.37. The molecular weight excluding hydrogens is 449 g/mol. The quantitative estimate of drug-likeness (QED) is 0.458. The minimum Gasteiger partial charge on any atom is -0.384 e. The molecule has 1 aromatic carbocycles. The Bertz CT molecular complexity index is 1550. The van der Waals surface area contributed by atoms with Crippen LogP contribution < -0.4 is 11.3 Å². The molecule has 9 nitrogen and oxygen atoms in total. The standard InChI is InChI=1S/C25H24FN7O2/c1-16-30-25-21(18-11-17-12-19(26)5-6-22(17)28-13-18)14-29-33(25)23(27)3-2-4-24(35)32(16)20-7-9-31(15-34)10-8-20/h2-6,11-15,20H,7-10,27H2,1H3. The number of nitrogen functional groups attached to an aromatic ring is 1. The Morgan fingerprint density at radius 3 is 2.69 bits per heavy atom. The number of amides is 1. The normalized spacial score (nSPS) is 14.3. The van der Waals surface area contributed by atoms with E-state index in [0.29, 0.717) is 65.3 Å². The van der Waals surface area contributed by atoms with Crippen LogP contribution in [-0.4, -0.2) is 48.5 Å². The van der Waals surface area contributed by atoms with Crippen molar-refractivity contribution in [2.45, 2.75) is 25.8 Å². The third kappa shape index (κ3) is 4.30. The van der Waals surface area contributed by atoms with Gasteiger partial charge in [0.2, 0.25) is 6.41 Å². The molecule has 5 rings (SSSR count). The fourth-order valence-electron chi connectivity index (χ4n) is 4.53. The minimum atomic E-state index is -0.350. The first-order chi connectivity index (χ1) is 16.9. The number of aromatic nitrogens is 5. The van der Waals surface area contributed by atoms with Crippen LogP contribution in [0.5, 0.6) is 0 Å². The lowest BCUT2D eigenvalue weighted by Gasteiger charge is -2.30. The first kappa shape index (κ1) is 22.5. The van der Waals surface area contributed by atoms with E-state index in [1.807, 2.05) is 6.07 Å². The number of piperidine rings is 1. The van der Waals surface area contributed by atoms with Gasteiger partial charge in [0.05, 0.1) is 11.7 Å². The third-order valence-electron chi connectivity index (χ3n) is 6.32. The van der Waals surface area contributed by atoms with E-state index in [4.69, 9.17) is 10.7 Å². The number of anilines is 1. The molecular formula is C25H24FN7O2. The van der Waals surface area contributed by atoms with Gasteiger partial charge in [-0.25, -0.2) is 9.37 Å². The SMILES string of the molecule is Cc1nc2c(-c3cnc4ccc(F)cc4c3)cnn2c(N)cccc(=O)n1C1CCN(C=O)CC1. The second-order valence-corrected chi connectivity index (χ2v) is 8.55. The smallest absolute Gasteiger partial charge is 0.252 e. The van der Waals surface area contributed by atoms with E-state index in [9.17, 15) is 14.0 Å². The lowest BCUT2D eigenvalue weighted by atomic mass is 10.1. The van der Waals surface area contributed by atoms with Crippen molar-refractivity contribution in [3.05, 3.63) is 76.9 Å². The molecule has 1 amide bonds. The van der Waals surface area contributed by atoms with Gasteiger partial charge in [0.25, 0.3) is 5.56 Å². The summed E-state index contributed by atoms with van der Waals surface area (Å²) in [6.07, 6.45) is 5.44. The molecule has 0 bridgehead atoms. The number of nitrogens with two attached hydrogens (primary N) is 1. The monoisotopic (exact) mass is 473 g/mol. The summed E-state index contributed by atoms with van der Waals surface area (Å²) in [5.41, 5.74) is 8.48. The number of aryl methyl sites for hydroxylation is 1. The highest BCUT2D eigenvalue weighted by atomic mass is 19.1. The summed E-state index contributed by atoms with van der Waals surface area (Å²) < 4.78 is 17.0. The molecule has 1 aliphatic heterocycles. The summed E-state index contributed by atoms with van der Waals surface area (Å²) in [5, 5.41) is 5.08. The molecule has 4 heterocycles. The summed E-state index contributed by atoms with van der Waals surface area (Å²) in [6.45, 7) is 2.92. The van der Waals surface area contributed by atoms with Gasteiger partial charge < -0.3 is 10.6 Å². The predicted molar refractivity (Wildman–Crippen MR) is 131 cm³/mol. The Morgan fingerprint density at radius 1 is 1.11 bits per heavy atom. The number of nitrogens with zero attached hydrogens (tertiary/aromatic N) is 6. The summed E-state index contributed by atoms with van der Waals surface area (Å²) >= 11 is 0. The van der Waals surface area contributed by atoms with Crippen LogP contribution in [0.4, 0.5) is 10.2 Å². The van der Waals surface area contributed by atoms with Crippen molar-refractivity contribution in [1.82, 2.24) is 29.0 Å². The molecule has 1 aliphatic rings. The number of carbonyl (C=O) groups excluding carboxylic acids is 1. The van der Waals surface area contributed by atoms with Crippen LogP contribution >= 0.6 is 0 Å². The number of fused-ring (bicyclic) bond motifs is 2. The Morgan fingerprint density at radius 2 is 1.91 bits per heavy atom. The first-order valence-electron chi connectivity index (χ1n) is 11.3. The molecule has 0 atom stereocenters. The molecule has 0 saturated carbocycles. The second kappa shape index (κ2) is 9.13. The average molecular weight is 474 g/mol. The Labute approximate surface area is 200 Å². The summed E-state index contributed by atoms with van der Waals surface area (Å²) in [4.78, 5) is 35.2. The number of hydrogen-bond acceptors (Lipinski definition) is 6. The Balaban J connectivity index is 1.73. The number of benzene rings is 1. The molecule has 0 radical (unpaired) electrons. The molecule has 4 aromatic rings. The van der Waals surface area contributed by atoms with Crippen molar-refractivity contribution in [2.24, 2.45) is 0 Å². The van der Waals surface area contributed by atoms with Crippen LogP contribution in [0, 0.1) is 12.7 Å². The maximum Gasteiger partial charge on any atom is 0.252 e. The number of likely N-dealkylation sites (tertiary alicyclic amines) is 1. The fourth-order valence-corrected chi connectivity index (χ4v) is 4.53. The number of rotatable bonds is 3. The van der Waals surface area contributed by atoms with E-state index in [-0.39, 0.29) is 17.4 Å². The van der Waals surface area contributed by atoms with Gasteiger partial charge in [-0.15, -0.1) is 0 Å². The van der Waals surface area contributed by atoms with Crippen molar-refractivity contribution >= 4 is 28.8 Å². The topological polar surface area (TPSA) is 111 Å². The molecule has 178 valence electrons. The maximum absolute atomic E-state index is 13.8. The zero-order valence-electron chi connectivity index (χ0n) is 19.1. The predicted octanol–water partition coefficient (Wildman–Crippen LogP) is 3.05. The minimum absolute atomic E-state index is 0.0991. The van der Waals surface area contributed by atoms with Crippen LogP contribution in [0.25, 0.3) is 27.7 Å². The van der Waals surface area contributed by atoms with Crippen LogP contribution in [0.1, 0.15) is 24.7 Å². The molecule has 2 N–H and O–H groups in total. The van der Waals surface area contributed by atoms with Gasteiger partial charge in [0.15, 0.2) is 5.65 Å². The van der Waals surface area contributed by atoms with E-state index in [1.165, 1.54) is 22.7 Å². The highest BCUT2D eigenvalue weighted by Gasteiger charge is 2.21. The van der Waals surface area contributed by atoms with Gasteiger partial charge in [0, 0.05) is 47.9 Å². The molecule has 3 aromatic heterocycles. The van der Waals surface area contributed by atoms with Crippen molar-refractivity contribution in [3.8, 4) is 11.1 Å². The van der Waals surface area contributed by atoms with Crippen LogP contribution in [0.3, 0.4) is 0 Å². The van der Waals surface area contributed by atoms with Gasteiger partial charge in [-0.2, -0.15) is 9.61 Å². The number of pyridine rings is 1. The number of carbonyl (C=O) groups is 1. The van der Waals surface area contributed by atoms with E-state index >= 15 is 0 Å². The molecule has 0 unspecified atom stereocenters. The van der Waals surface area contributed by atoms with Crippen molar-refractivity contribution in [3.63, 3.8) is 0 Å². The Kier molecular flexibility index (Phi) is 5.86. The molecule has 1 fully saturated rings. The van der Waals surface area contributed by atoms with E-state index < -0.39 is 0 Å². The largest absolute Gasteiger partial charge is 0.384 e. The number of hydrogen-bond donors (Lipinski definition) is 1. The molecule has 35 heavy (non-hydrogen) atoms. The van der Waals surface area contributed by atoms with Crippen LogP contribution in [0.2, 0.25) is 0 Å². The van der Waals surface area contributed by atoms with Gasteiger partial charge in [-0.3, -0.25) is 19.1 Å². The van der Waals surface area contributed by atoms with E-state index in [0.717, 1.165) is 6.41 Å². The van der Waals surface area contributed by atoms with Gasteiger partial charge in [-0.1, -0.05) is 6.07 Å². The highest BCUT2D eigenvalue weighted by molar-refractivity contribution is 5.86. The summed E-state index contributed by atoms with van der Waals surface area (Å²) in [7, 11) is 0. The molecule has 0 spiro atoms. The van der Waals surface area contributed by atoms with E-state index in [1.54, 1.807) is 47.0 Å². The maximum atomic E-state index is 13.8. The summed E-state index contributed by atoms with van der Waals surface area (Å²) in [6, 6.07) is 10.8. The third-order valence-corrected chi connectivity index (χ3v) is 6.32.